The standard InChI is InChI=1S/C20H24N4O4/c1-14-21-8-10-23(14)9-2-7-22-20(26)16-4-6-19(25)24(16)12-15-3-5-17-18(11-15)28-13-27-17/h3,5,8,10-11,16H,2,4,6-7,9,12-13H2,1H3,(H,22,26). The number of aryl methyl sites for hydroxylation is 2. The Bertz CT molecular complexity index is 879. The zero-order valence-corrected chi connectivity index (χ0v) is 15.9. The van der Waals surface area contributed by atoms with E-state index in [0.29, 0.717) is 37.4 Å². The molecule has 2 amide bonds. The fraction of sp³-hybridized carbons (Fsp3) is 0.450. The number of nitrogens with zero attached hydrogens (tertiary/aromatic N) is 3. The summed E-state index contributed by atoms with van der Waals surface area (Å²) in [5.41, 5.74) is 0.924. The topological polar surface area (TPSA) is 85.7 Å². The van der Waals surface area contributed by atoms with Crippen molar-refractivity contribution in [1.29, 1.82) is 0 Å². The van der Waals surface area contributed by atoms with Gasteiger partial charge in [0.2, 0.25) is 18.6 Å². The Morgan fingerprint density at radius 1 is 1.32 bits per heavy atom. The highest BCUT2D eigenvalue weighted by molar-refractivity contribution is 5.90. The first-order valence-electron chi connectivity index (χ1n) is 9.55. The molecule has 0 bridgehead atoms. The molecule has 1 saturated heterocycles. The first kappa shape index (κ1) is 18.3. The van der Waals surface area contributed by atoms with Crippen LogP contribution < -0.4 is 14.8 Å². The third-order valence-electron chi connectivity index (χ3n) is 5.22. The number of likely N-dealkylation sites (tertiary alicyclic amines) is 1. The Labute approximate surface area is 163 Å². The summed E-state index contributed by atoms with van der Waals surface area (Å²) < 4.78 is 12.8. The maximum atomic E-state index is 12.6. The van der Waals surface area contributed by atoms with E-state index >= 15 is 0 Å². The van der Waals surface area contributed by atoms with Gasteiger partial charge in [-0.2, -0.15) is 0 Å². The number of nitrogens with one attached hydrogen (secondary N) is 1. The Balaban J connectivity index is 1.32. The van der Waals surface area contributed by atoms with Crippen molar-refractivity contribution in [2.45, 2.75) is 45.3 Å². The van der Waals surface area contributed by atoms with Gasteiger partial charge in [0.05, 0.1) is 0 Å². The van der Waals surface area contributed by atoms with Crippen LogP contribution >= 0.6 is 0 Å². The van der Waals surface area contributed by atoms with Crippen LogP contribution in [-0.4, -0.2) is 45.6 Å². The van der Waals surface area contributed by atoms with Crippen LogP contribution in [0.15, 0.2) is 30.6 Å². The number of amides is 2. The zero-order chi connectivity index (χ0) is 19.5. The second kappa shape index (κ2) is 7.92. The molecule has 1 aromatic carbocycles. The number of aromatic nitrogens is 2. The lowest BCUT2D eigenvalue weighted by molar-refractivity contribution is -0.135. The van der Waals surface area contributed by atoms with E-state index in [4.69, 9.17) is 9.47 Å². The van der Waals surface area contributed by atoms with Crippen molar-refractivity contribution in [3.8, 4) is 11.5 Å². The van der Waals surface area contributed by atoms with Crippen LogP contribution in [0.4, 0.5) is 0 Å². The molecule has 1 N–H and O–H groups in total. The van der Waals surface area contributed by atoms with Crippen LogP contribution in [-0.2, 0) is 22.7 Å². The second-order valence-corrected chi connectivity index (χ2v) is 7.08. The van der Waals surface area contributed by atoms with Gasteiger partial charge < -0.3 is 24.3 Å². The number of rotatable bonds is 7. The minimum absolute atomic E-state index is 0.00635. The molecular formula is C20H24N4O4. The van der Waals surface area contributed by atoms with Crippen LogP contribution in [0.1, 0.15) is 30.7 Å². The Morgan fingerprint density at radius 2 is 2.18 bits per heavy atom. The monoisotopic (exact) mass is 384 g/mol. The van der Waals surface area contributed by atoms with Gasteiger partial charge in [-0.05, 0) is 37.5 Å². The highest BCUT2D eigenvalue weighted by Crippen LogP contribution is 2.33. The van der Waals surface area contributed by atoms with Gasteiger partial charge in [0, 0.05) is 38.4 Å². The molecular weight excluding hydrogens is 360 g/mol. The number of hydrogen-bond donors (Lipinski definition) is 1. The average Bonchev–Trinajstić information content (AvgIpc) is 3.40. The third-order valence-corrected chi connectivity index (χ3v) is 5.22. The summed E-state index contributed by atoms with van der Waals surface area (Å²) in [7, 11) is 0. The number of imidazole rings is 1. The number of hydrogen-bond acceptors (Lipinski definition) is 5. The van der Waals surface area contributed by atoms with Crippen molar-refractivity contribution in [2.24, 2.45) is 0 Å². The van der Waals surface area contributed by atoms with Crippen molar-refractivity contribution in [1.82, 2.24) is 19.8 Å². The number of ether oxygens (including phenoxy) is 2. The van der Waals surface area contributed by atoms with E-state index in [1.807, 2.05) is 31.3 Å². The molecule has 0 radical (unpaired) electrons. The Kier molecular flexibility index (Phi) is 5.18. The number of carbonyl (C=O) groups is 2. The number of fused-ring (bicyclic) bond motifs is 1. The zero-order valence-electron chi connectivity index (χ0n) is 15.9. The summed E-state index contributed by atoms with van der Waals surface area (Å²) in [5, 5.41) is 2.97. The van der Waals surface area contributed by atoms with Crippen molar-refractivity contribution in [3.63, 3.8) is 0 Å². The van der Waals surface area contributed by atoms with Crippen LogP contribution in [0, 0.1) is 6.92 Å². The van der Waals surface area contributed by atoms with Gasteiger partial charge in [-0.25, -0.2) is 4.98 Å². The van der Waals surface area contributed by atoms with E-state index < -0.39 is 6.04 Å². The molecule has 1 atom stereocenters. The van der Waals surface area contributed by atoms with E-state index in [2.05, 4.69) is 14.9 Å². The fourth-order valence-corrected chi connectivity index (χ4v) is 3.66. The van der Waals surface area contributed by atoms with Gasteiger partial charge in [0.25, 0.3) is 0 Å². The predicted octanol–water partition coefficient (Wildman–Crippen LogP) is 1.62. The van der Waals surface area contributed by atoms with Crippen molar-refractivity contribution < 1.29 is 19.1 Å². The molecule has 2 aliphatic rings. The van der Waals surface area contributed by atoms with Crippen molar-refractivity contribution in [3.05, 3.63) is 42.0 Å². The lowest BCUT2D eigenvalue weighted by Crippen LogP contribution is -2.44. The van der Waals surface area contributed by atoms with Gasteiger partial charge in [0.1, 0.15) is 11.9 Å². The minimum Gasteiger partial charge on any atom is -0.454 e. The summed E-state index contributed by atoms with van der Waals surface area (Å²) in [6.45, 7) is 3.93. The quantitative estimate of drug-likeness (QED) is 0.733. The highest BCUT2D eigenvalue weighted by Gasteiger charge is 2.35. The molecule has 0 aliphatic carbocycles. The van der Waals surface area contributed by atoms with Crippen molar-refractivity contribution in [2.75, 3.05) is 13.3 Å². The fourth-order valence-electron chi connectivity index (χ4n) is 3.66. The number of carbonyl (C=O) groups excluding carboxylic acids is 2. The summed E-state index contributed by atoms with van der Waals surface area (Å²) in [4.78, 5) is 30.8. The van der Waals surface area contributed by atoms with Gasteiger partial charge in [-0.15, -0.1) is 0 Å². The van der Waals surface area contributed by atoms with E-state index in [-0.39, 0.29) is 18.6 Å². The van der Waals surface area contributed by atoms with E-state index in [1.165, 1.54) is 0 Å². The Hall–Kier alpha value is -3.03. The molecule has 28 heavy (non-hydrogen) atoms. The van der Waals surface area contributed by atoms with E-state index in [9.17, 15) is 9.59 Å². The van der Waals surface area contributed by atoms with Gasteiger partial charge >= 0.3 is 0 Å². The molecule has 2 aliphatic heterocycles. The smallest absolute Gasteiger partial charge is 0.242 e. The molecule has 1 unspecified atom stereocenters. The molecule has 8 heteroatoms. The molecule has 8 nitrogen and oxygen atoms in total. The normalized spacial score (nSPS) is 18.0. The van der Waals surface area contributed by atoms with Crippen LogP contribution in [0.25, 0.3) is 0 Å². The third kappa shape index (κ3) is 3.81. The minimum atomic E-state index is -0.423. The van der Waals surface area contributed by atoms with Gasteiger partial charge in [-0.3, -0.25) is 9.59 Å². The lowest BCUT2D eigenvalue weighted by atomic mass is 10.1. The van der Waals surface area contributed by atoms with Gasteiger partial charge in [0.15, 0.2) is 11.5 Å². The largest absolute Gasteiger partial charge is 0.454 e. The maximum Gasteiger partial charge on any atom is 0.242 e. The van der Waals surface area contributed by atoms with Crippen LogP contribution in [0.2, 0.25) is 0 Å². The van der Waals surface area contributed by atoms with E-state index in [0.717, 1.165) is 24.4 Å². The number of benzene rings is 1. The first-order valence-corrected chi connectivity index (χ1v) is 9.55. The second-order valence-electron chi connectivity index (χ2n) is 7.08. The van der Waals surface area contributed by atoms with Crippen LogP contribution in [0.3, 0.4) is 0 Å². The molecule has 148 valence electrons. The molecule has 2 aromatic rings. The molecule has 4 rings (SSSR count). The lowest BCUT2D eigenvalue weighted by Gasteiger charge is -2.24. The van der Waals surface area contributed by atoms with Crippen molar-refractivity contribution >= 4 is 11.8 Å². The molecule has 0 saturated carbocycles. The maximum absolute atomic E-state index is 12.6. The summed E-state index contributed by atoms with van der Waals surface area (Å²) in [6.07, 6.45) is 5.46. The molecule has 1 fully saturated rings. The summed E-state index contributed by atoms with van der Waals surface area (Å²) in [6, 6.07) is 5.19. The Morgan fingerprint density at radius 3 is 3.00 bits per heavy atom. The average molecular weight is 384 g/mol. The molecule has 1 aromatic heterocycles. The SMILES string of the molecule is Cc1nccn1CCCNC(=O)C1CCC(=O)N1Cc1ccc2c(c1)OCO2. The summed E-state index contributed by atoms with van der Waals surface area (Å²) >= 11 is 0. The van der Waals surface area contributed by atoms with Crippen LogP contribution in [0.5, 0.6) is 11.5 Å². The first-order chi connectivity index (χ1) is 13.6. The highest BCUT2D eigenvalue weighted by atomic mass is 16.7. The summed E-state index contributed by atoms with van der Waals surface area (Å²) in [5.74, 6) is 2.27. The molecule has 0 spiro atoms. The molecule has 3 heterocycles. The van der Waals surface area contributed by atoms with Gasteiger partial charge in [-0.1, -0.05) is 6.07 Å². The van der Waals surface area contributed by atoms with E-state index in [1.54, 1.807) is 11.1 Å². The predicted molar refractivity (Wildman–Crippen MR) is 101 cm³/mol.